The predicted octanol–water partition coefficient (Wildman–Crippen LogP) is 3.40. The highest BCUT2D eigenvalue weighted by Crippen LogP contribution is 2.09. The number of carbonyl (C=O) groups excluding carboxylic acids is 1. The Labute approximate surface area is 136 Å². The van der Waals surface area contributed by atoms with Gasteiger partial charge in [0.05, 0.1) is 0 Å². The van der Waals surface area contributed by atoms with Crippen molar-refractivity contribution in [2.24, 2.45) is 0 Å². The van der Waals surface area contributed by atoms with Gasteiger partial charge in [-0.3, -0.25) is 4.79 Å². The monoisotopic (exact) mass is 314 g/mol. The second-order valence-electron chi connectivity index (χ2n) is 5.22. The van der Waals surface area contributed by atoms with Crippen molar-refractivity contribution in [3.05, 3.63) is 64.4 Å². The Hall–Kier alpha value is -1.91. The zero-order valence-electron chi connectivity index (χ0n) is 12.9. The van der Waals surface area contributed by atoms with Crippen LogP contribution in [0.2, 0.25) is 0 Å². The van der Waals surface area contributed by atoms with E-state index in [9.17, 15) is 4.79 Å². The van der Waals surface area contributed by atoms with Crippen LogP contribution in [0.4, 0.5) is 0 Å². The lowest BCUT2D eigenvalue weighted by Crippen LogP contribution is -2.26. The summed E-state index contributed by atoms with van der Waals surface area (Å²) >= 11 is 1.62. The Morgan fingerprint density at radius 1 is 1.23 bits per heavy atom. The van der Waals surface area contributed by atoms with Gasteiger partial charge in [-0.1, -0.05) is 36.4 Å². The standard InChI is InChI=1S/C18H22N2OS/c1-20(15-16-7-3-2-4-8-16)13-6-12-19-18(21)11-10-17-9-5-14-22-17/h2-5,7-11,14H,6,12-13,15H2,1H3,(H,19,21)/b11-10+. The van der Waals surface area contributed by atoms with Crippen molar-refractivity contribution in [2.45, 2.75) is 13.0 Å². The van der Waals surface area contributed by atoms with E-state index in [-0.39, 0.29) is 5.91 Å². The molecule has 0 fully saturated rings. The number of nitrogens with zero attached hydrogens (tertiary/aromatic N) is 1. The normalized spacial score (nSPS) is 11.2. The smallest absolute Gasteiger partial charge is 0.244 e. The van der Waals surface area contributed by atoms with Crippen LogP contribution < -0.4 is 5.32 Å². The Morgan fingerprint density at radius 2 is 2.05 bits per heavy atom. The van der Waals surface area contributed by atoms with Crippen LogP contribution in [0.15, 0.2) is 53.9 Å². The second kappa shape index (κ2) is 9.18. The van der Waals surface area contributed by atoms with Gasteiger partial charge in [0, 0.05) is 24.0 Å². The fourth-order valence-corrected chi connectivity index (χ4v) is 2.76. The summed E-state index contributed by atoms with van der Waals surface area (Å²) in [5, 5.41) is 4.92. The number of thiophene rings is 1. The zero-order valence-corrected chi connectivity index (χ0v) is 13.7. The van der Waals surface area contributed by atoms with Crippen molar-refractivity contribution < 1.29 is 4.79 Å². The van der Waals surface area contributed by atoms with E-state index in [0.717, 1.165) is 24.4 Å². The minimum Gasteiger partial charge on any atom is -0.353 e. The average Bonchev–Trinajstić information content (AvgIpc) is 3.04. The fourth-order valence-electron chi connectivity index (χ4n) is 2.14. The van der Waals surface area contributed by atoms with E-state index in [4.69, 9.17) is 0 Å². The number of amides is 1. The van der Waals surface area contributed by atoms with Gasteiger partial charge in [-0.25, -0.2) is 0 Å². The van der Waals surface area contributed by atoms with Crippen molar-refractivity contribution in [3.63, 3.8) is 0 Å². The Bertz CT molecular complexity index is 578. The van der Waals surface area contributed by atoms with Crippen molar-refractivity contribution in [1.29, 1.82) is 0 Å². The van der Waals surface area contributed by atoms with Gasteiger partial charge in [0.1, 0.15) is 0 Å². The van der Waals surface area contributed by atoms with Crippen LogP contribution in [0.25, 0.3) is 6.08 Å². The lowest BCUT2D eigenvalue weighted by molar-refractivity contribution is -0.116. The molecule has 0 unspecified atom stereocenters. The van der Waals surface area contributed by atoms with Crippen molar-refractivity contribution >= 4 is 23.3 Å². The van der Waals surface area contributed by atoms with Crippen LogP contribution in [0.5, 0.6) is 0 Å². The van der Waals surface area contributed by atoms with E-state index >= 15 is 0 Å². The number of hydrogen-bond donors (Lipinski definition) is 1. The van der Waals surface area contributed by atoms with E-state index < -0.39 is 0 Å². The SMILES string of the molecule is CN(CCCNC(=O)/C=C/c1cccs1)Cc1ccccc1. The summed E-state index contributed by atoms with van der Waals surface area (Å²) in [6, 6.07) is 14.4. The molecular formula is C18H22N2OS. The maximum Gasteiger partial charge on any atom is 0.244 e. The van der Waals surface area contributed by atoms with Gasteiger partial charge in [0.25, 0.3) is 0 Å². The number of nitrogens with one attached hydrogen (secondary N) is 1. The third-order valence-corrected chi connectivity index (χ3v) is 4.09. The van der Waals surface area contributed by atoms with Crippen LogP contribution in [-0.4, -0.2) is 30.9 Å². The molecule has 3 nitrogen and oxygen atoms in total. The molecule has 0 aliphatic heterocycles. The topological polar surface area (TPSA) is 32.3 Å². The van der Waals surface area contributed by atoms with E-state index in [1.54, 1.807) is 17.4 Å². The van der Waals surface area contributed by atoms with Crippen LogP contribution in [0.1, 0.15) is 16.9 Å². The molecule has 2 rings (SSSR count). The Kier molecular flexibility index (Phi) is 6.87. The van der Waals surface area contributed by atoms with Crippen molar-refractivity contribution in [1.82, 2.24) is 10.2 Å². The second-order valence-corrected chi connectivity index (χ2v) is 6.20. The summed E-state index contributed by atoms with van der Waals surface area (Å²) in [6.07, 6.45) is 4.39. The molecule has 4 heteroatoms. The minimum atomic E-state index is -0.0286. The number of hydrogen-bond acceptors (Lipinski definition) is 3. The third-order valence-electron chi connectivity index (χ3n) is 3.25. The first kappa shape index (κ1) is 16.5. The molecule has 1 heterocycles. The van der Waals surface area contributed by atoms with Gasteiger partial charge in [-0.05, 0) is 43.1 Å². The van der Waals surface area contributed by atoms with E-state index in [0.29, 0.717) is 6.54 Å². The molecule has 0 spiro atoms. The summed E-state index contributed by atoms with van der Waals surface area (Å²) in [5.74, 6) is -0.0286. The number of rotatable bonds is 8. The first-order valence-electron chi connectivity index (χ1n) is 7.46. The van der Waals surface area contributed by atoms with E-state index in [1.807, 2.05) is 29.7 Å². The maximum absolute atomic E-state index is 11.7. The quantitative estimate of drug-likeness (QED) is 0.598. The van der Waals surface area contributed by atoms with Gasteiger partial charge < -0.3 is 10.2 Å². The molecule has 1 amide bonds. The summed E-state index contributed by atoms with van der Waals surface area (Å²) in [5.41, 5.74) is 1.31. The minimum absolute atomic E-state index is 0.0286. The average molecular weight is 314 g/mol. The van der Waals surface area contributed by atoms with Crippen LogP contribution in [-0.2, 0) is 11.3 Å². The van der Waals surface area contributed by atoms with Crippen LogP contribution >= 0.6 is 11.3 Å². The molecule has 1 N–H and O–H groups in total. The maximum atomic E-state index is 11.7. The molecule has 0 saturated heterocycles. The summed E-state index contributed by atoms with van der Waals surface area (Å²) in [4.78, 5) is 15.0. The third kappa shape index (κ3) is 6.24. The molecule has 2 aromatic rings. The largest absolute Gasteiger partial charge is 0.353 e. The molecule has 0 bridgehead atoms. The summed E-state index contributed by atoms with van der Waals surface area (Å²) in [6.45, 7) is 2.60. The van der Waals surface area contributed by atoms with Crippen LogP contribution in [0.3, 0.4) is 0 Å². The molecule has 0 aliphatic rings. The Balaban J connectivity index is 1.59. The van der Waals surface area contributed by atoms with Gasteiger partial charge in [-0.15, -0.1) is 11.3 Å². The lowest BCUT2D eigenvalue weighted by Gasteiger charge is -2.16. The predicted molar refractivity (Wildman–Crippen MR) is 93.8 cm³/mol. The van der Waals surface area contributed by atoms with Gasteiger partial charge in [-0.2, -0.15) is 0 Å². The number of benzene rings is 1. The van der Waals surface area contributed by atoms with E-state index in [2.05, 4.69) is 41.5 Å². The highest BCUT2D eigenvalue weighted by atomic mass is 32.1. The van der Waals surface area contributed by atoms with Gasteiger partial charge in [0.15, 0.2) is 0 Å². The fraction of sp³-hybridized carbons (Fsp3) is 0.278. The molecule has 1 aromatic carbocycles. The first-order chi connectivity index (χ1) is 10.7. The molecular weight excluding hydrogens is 292 g/mol. The summed E-state index contributed by atoms with van der Waals surface area (Å²) < 4.78 is 0. The van der Waals surface area contributed by atoms with Crippen LogP contribution in [0, 0.1) is 0 Å². The molecule has 0 aliphatic carbocycles. The Morgan fingerprint density at radius 3 is 2.77 bits per heavy atom. The molecule has 0 saturated carbocycles. The van der Waals surface area contributed by atoms with Crippen molar-refractivity contribution in [2.75, 3.05) is 20.1 Å². The molecule has 1 aromatic heterocycles. The van der Waals surface area contributed by atoms with Gasteiger partial charge in [0.2, 0.25) is 5.91 Å². The lowest BCUT2D eigenvalue weighted by atomic mass is 10.2. The highest BCUT2D eigenvalue weighted by Gasteiger charge is 2.00. The van der Waals surface area contributed by atoms with Crippen molar-refractivity contribution in [3.8, 4) is 0 Å². The summed E-state index contributed by atoms with van der Waals surface area (Å²) in [7, 11) is 2.10. The molecule has 22 heavy (non-hydrogen) atoms. The molecule has 116 valence electrons. The van der Waals surface area contributed by atoms with E-state index in [1.165, 1.54) is 5.56 Å². The highest BCUT2D eigenvalue weighted by molar-refractivity contribution is 7.10. The molecule has 0 radical (unpaired) electrons. The first-order valence-corrected chi connectivity index (χ1v) is 8.34. The molecule has 0 atom stereocenters. The van der Waals surface area contributed by atoms with Gasteiger partial charge >= 0.3 is 0 Å². The zero-order chi connectivity index (χ0) is 15.6. The number of carbonyl (C=O) groups is 1.